The maximum atomic E-state index is 12.6. The molecule has 1 atom stereocenters. The average molecular weight is 369 g/mol. The second-order valence-corrected chi connectivity index (χ2v) is 8.95. The van der Waals surface area contributed by atoms with Crippen LogP contribution in [0.5, 0.6) is 0 Å². The molecular weight excluding hydrogens is 346 g/mol. The number of fused-ring (bicyclic) bond motifs is 1. The van der Waals surface area contributed by atoms with E-state index >= 15 is 0 Å². The zero-order valence-electron chi connectivity index (χ0n) is 14.7. The van der Waals surface area contributed by atoms with Crippen molar-refractivity contribution < 1.29 is 8.42 Å². The smallest absolute Gasteiger partial charge is 0.328 e. The Labute approximate surface area is 145 Å². The van der Waals surface area contributed by atoms with Crippen LogP contribution in [-0.2, 0) is 30.5 Å². The number of imidazole rings is 1. The summed E-state index contributed by atoms with van der Waals surface area (Å²) in [6, 6.07) is 0.0177. The molecule has 0 bridgehead atoms. The van der Waals surface area contributed by atoms with E-state index in [0.29, 0.717) is 30.6 Å². The van der Waals surface area contributed by atoms with Crippen molar-refractivity contribution in [3.8, 4) is 0 Å². The lowest BCUT2D eigenvalue weighted by Gasteiger charge is -2.23. The zero-order chi connectivity index (χ0) is 18.4. The molecule has 3 rings (SSSR count). The Balaban J connectivity index is 1.75. The van der Waals surface area contributed by atoms with Crippen LogP contribution in [-0.4, -0.2) is 63.1 Å². The molecule has 0 radical (unpaired) electrons. The average Bonchev–Trinajstić information content (AvgIpc) is 3.11. The molecule has 1 fully saturated rings. The van der Waals surface area contributed by atoms with E-state index in [1.165, 1.54) is 15.5 Å². The summed E-state index contributed by atoms with van der Waals surface area (Å²) in [6.45, 7) is 0.912. The molecule has 0 aliphatic carbocycles. The molecule has 0 amide bonds. The van der Waals surface area contributed by atoms with Gasteiger partial charge in [0.1, 0.15) is 0 Å². The van der Waals surface area contributed by atoms with Gasteiger partial charge in [-0.3, -0.25) is 13.9 Å². The summed E-state index contributed by atoms with van der Waals surface area (Å²) in [7, 11) is 2.29. The number of hydrogen-bond acceptors (Lipinski definition) is 6. The Hall–Kier alpha value is -1.94. The van der Waals surface area contributed by atoms with Crippen LogP contribution in [0, 0.1) is 0 Å². The quantitative estimate of drug-likeness (QED) is 0.666. The summed E-state index contributed by atoms with van der Waals surface area (Å²) >= 11 is 0. The minimum absolute atomic E-state index is 0.0177. The summed E-state index contributed by atoms with van der Waals surface area (Å²) in [5, 5.41) is 0. The maximum Gasteiger partial charge on any atom is 0.332 e. The Kier molecular flexibility index (Phi) is 4.58. The minimum atomic E-state index is -2.92. The monoisotopic (exact) mass is 369 g/mol. The van der Waals surface area contributed by atoms with Gasteiger partial charge in [0.25, 0.3) is 5.56 Å². The number of rotatable bonds is 5. The van der Waals surface area contributed by atoms with Crippen molar-refractivity contribution in [3.05, 3.63) is 27.2 Å². The first-order valence-corrected chi connectivity index (χ1v) is 10.0. The lowest BCUT2D eigenvalue weighted by atomic mass is 10.2. The topological polar surface area (TPSA) is 99.2 Å². The first-order valence-electron chi connectivity index (χ1n) is 8.23. The molecule has 2 aromatic heterocycles. The fourth-order valence-electron chi connectivity index (χ4n) is 3.38. The van der Waals surface area contributed by atoms with Gasteiger partial charge in [0.2, 0.25) is 0 Å². The molecule has 0 N–H and O–H groups in total. The predicted molar refractivity (Wildman–Crippen MR) is 94.5 cm³/mol. The minimum Gasteiger partial charge on any atom is -0.328 e. The number of sulfone groups is 1. The highest BCUT2D eigenvalue weighted by molar-refractivity contribution is 7.91. The van der Waals surface area contributed by atoms with Gasteiger partial charge in [0.15, 0.2) is 21.0 Å². The molecule has 1 aliphatic rings. The van der Waals surface area contributed by atoms with E-state index in [4.69, 9.17) is 0 Å². The zero-order valence-corrected chi connectivity index (χ0v) is 15.5. The van der Waals surface area contributed by atoms with Crippen LogP contribution >= 0.6 is 0 Å². The summed E-state index contributed by atoms with van der Waals surface area (Å²) in [4.78, 5) is 31.1. The molecule has 0 saturated carbocycles. The normalized spacial score (nSPS) is 19.9. The van der Waals surface area contributed by atoms with Crippen molar-refractivity contribution in [2.45, 2.75) is 25.4 Å². The largest absolute Gasteiger partial charge is 0.332 e. The lowest BCUT2D eigenvalue weighted by molar-refractivity contribution is 0.253. The van der Waals surface area contributed by atoms with Crippen LogP contribution in [0.4, 0.5) is 0 Å². The first-order chi connectivity index (χ1) is 11.7. The Morgan fingerprint density at radius 1 is 1.32 bits per heavy atom. The molecular formula is C15H23N5O4S. The van der Waals surface area contributed by atoms with Gasteiger partial charge in [-0.05, 0) is 26.4 Å². The standard InChI is InChI=1S/C15H23N5O4S/c1-17(11-5-8-25(23,24)9-11)6-4-7-20-14(21)12-13(16-10-18(12)2)19(3)15(20)22/h10-11H,4-9H2,1-3H3/t11-/m0/s1. The van der Waals surface area contributed by atoms with Gasteiger partial charge in [-0.2, -0.15) is 0 Å². The first kappa shape index (κ1) is 17.9. The van der Waals surface area contributed by atoms with Gasteiger partial charge >= 0.3 is 5.69 Å². The third-order valence-electron chi connectivity index (χ3n) is 4.93. The second-order valence-electron chi connectivity index (χ2n) is 6.72. The third-order valence-corrected chi connectivity index (χ3v) is 6.68. The van der Waals surface area contributed by atoms with E-state index in [9.17, 15) is 18.0 Å². The number of aryl methyl sites for hydroxylation is 2. The van der Waals surface area contributed by atoms with E-state index in [1.807, 2.05) is 11.9 Å². The van der Waals surface area contributed by atoms with Gasteiger partial charge in [-0.1, -0.05) is 0 Å². The number of aromatic nitrogens is 4. The number of nitrogens with zero attached hydrogens (tertiary/aromatic N) is 5. The van der Waals surface area contributed by atoms with E-state index in [0.717, 1.165) is 0 Å². The van der Waals surface area contributed by atoms with Crippen LogP contribution in [0.3, 0.4) is 0 Å². The van der Waals surface area contributed by atoms with Crippen molar-refractivity contribution in [2.24, 2.45) is 14.1 Å². The maximum absolute atomic E-state index is 12.6. The van der Waals surface area contributed by atoms with Crippen molar-refractivity contribution >= 4 is 21.0 Å². The van der Waals surface area contributed by atoms with E-state index < -0.39 is 9.84 Å². The summed E-state index contributed by atoms with van der Waals surface area (Å²) in [6.07, 6.45) is 2.75. The summed E-state index contributed by atoms with van der Waals surface area (Å²) in [5.41, 5.74) is 0.0471. The summed E-state index contributed by atoms with van der Waals surface area (Å²) in [5.74, 6) is 0.422. The van der Waals surface area contributed by atoms with E-state index in [2.05, 4.69) is 4.98 Å². The molecule has 25 heavy (non-hydrogen) atoms. The SMILES string of the molecule is CN(CCCn1c(=O)c2c(ncn2C)n(C)c1=O)[C@H]1CCS(=O)(=O)C1. The molecule has 3 heterocycles. The van der Waals surface area contributed by atoms with Crippen LogP contribution in [0.25, 0.3) is 11.2 Å². The van der Waals surface area contributed by atoms with Crippen molar-refractivity contribution in [1.82, 2.24) is 23.6 Å². The van der Waals surface area contributed by atoms with Gasteiger partial charge in [-0.15, -0.1) is 0 Å². The van der Waals surface area contributed by atoms with Crippen LogP contribution in [0.15, 0.2) is 15.9 Å². The highest BCUT2D eigenvalue weighted by Crippen LogP contribution is 2.16. The lowest BCUT2D eigenvalue weighted by Crippen LogP contribution is -2.40. The highest BCUT2D eigenvalue weighted by atomic mass is 32.2. The van der Waals surface area contributed by atoms with Crippen LogP contribution < -0.4 is 11.2 Å². The molecule has 10 heteroatoms. The molecule has 9 nitrogen and oxygen atoms in total. The summed E-state index contributed by atoms with van der Waals surface area (Å²) < 4.78 is 27.4. The van der Waals surface area contributed by atoms with Crippen LogP contribution in [0.2, 0.25) is 0 Å². The Morgan fingerprint density at radius 3 is 2.68 bits per heavy atom. The predicted octanol–water partition coefficient (Wildman–Crippen LogP) is -1.06. The Morgan fingerprint density at radius 2 is 2.04 bits per heavy atom. The third kappa shape index (κ3) is 3.28. The molecule has 2 aromatic rings. The van der Waals surface area contributed by atoms with Crippen molar-refractivity contribution in [3.63, 3.8) is 0 Å². The van der Waals surface area contributed by atoms with Gasteiger partial charge in [0.05, 0.1) is 17.8 Å². The van der Waals surface area contributed by atoms with Gasteiger partial charge in [0, 0.05) is 26.7 Å². The molecule has 138 valence electrons. The fourth-order valence-corrected chi connectivity index (χ4v) is 5.18. The van der Waals surface area contributed by atoms with Crippen molar-refractivity contribution in [2.75, 3.05) is 25.1 Å². The molecule has 0 aromatic carbocycles. The molecule has 0 spiro atoms. The van der Waals surface area contributed by atoms with Crippen LogP contribution in [0.1, 0.15) is 12.8 Å². The second kappa shape index (κ2) is 6.41. The highest BCUT2D eigenvalue weighted by Gasteiger charge is 2.30. The molecule has 0 unspecified atom stereocenters. The molecule has 1 saturated heterocycles. The fraction of sp³-hybridized carbons (Fsp3) is 0.667. The van der Waals surface area contributed by atoms with Gasteiger partial charge in [-0.25, -0.2) is 18.2 Å². The Bertz CT molecular complexity index is 1020. The number of hydrogen-bond donors (Lipinski definition) is 0. The van der Waals surface area contributed by atoms with Crippen molar-refractivity contribution in [1.29, 1.82) is 0 Å². The van der Waals surface area contributed by atoms with E-state index in [-0.39, 0.29) is 35.3 Å². The molecule has 1 aliphatic heterocycles. The van der Waals surface area contributed by atoms with Gasteiger partial charge < -0.3 is 9.47 Å². The van der Waals surface area contributed by atoms with E-state index in [1.54, 1.807) is 18.7 Å².